The molecule has 0 aromatic heterocycles. The topological polar surface area (TPSA) is 70.6 Å². The molecule has 0 radical (unpaired) electrons. The average Bonchev–Trinajstić information content (AvgIpc) is 2.29. The van der Waals surface area contributed by atoms with Gasteiger partial charge in [0.15, 0.2) is 0 Å². The number of hydrogen-bond donors (Lipinski definition) is 3. The van der Waals surface area contributed by atoms with Crippen LogP contribution in [0.15, 0.2) is 18.2 Å². The molecule has 17 heavy (non-hydrogen) atoms. The molecule has 2 amide bonds. The highest BCUT2D eigenvalue weighted by Gasteiger charge is 2.07. The van der Waals surface area contributed by atoms with E-state index in [1.54, 1.807) is 26.2 Å². The Morgan fingerprint density at radius 2 is 2.24 bits per heavy atom. The van der Waals surface area contributed by atoms with Gasteiger partial charge in [-0.2, -0.15) is 0 Å². The van der Waals surface area contributed by atoms with E-state index < -0.39 is 0 Å². The lowest BCUT2D eigenvalue weighted by Crippen LogP contribution is -2.38. The molecule has 1 aromatic carbocycles. The molecule has 1 rings (SSSR count). The molecule has 0 fully saturated rings. The van der Waals surface area contributed by atoms with E-state index in [1.165, 1.54) is 0 Å². The van der Waals surface area contributed by atoms with Gasteiger partial charge in [-0.15, -0.1) is 0 Å². The number of ether oxygens (including phenoxy) is 1. The van der Waals surface area contributed by atoms with Gasteiger partial charge in [0.1, 0.15) is 5.75 Å². The van der Waals surface area contributed by atoms with Crippen molar-refractivity contribution in [2.24, 2.45) is 0 Å². The van der Waals surface area contributed by atoms with Gasteiger partial charge in [-0.05, 0) is 37.6 Å². The van der Waals surface area contributed by atoms with Gasteiger partial charge in [0.2, 0.25) is 0 Å². The van der Waals surface area contributed by atoms with E-state index in [2.05, 4.69) is 10.6 Å². The van der Waals surface area contributed by atoms with Gasteiger partial charge in [0.05, 0.1) is 19.8 Å². The van der Waals surface area contributed by atoms with E-state index in [0.717, 1.165) is 11.3 Å². The first-order chi connectivity index (χ1) is 8.06. The number of methoxy groups -OCH3 is 1. The first-order valence-corrected chi connectivity index (χ1v) is 5.40. The maximum atomic E-state index is 11.5. The molecule has 0 saturated heterocycles. The van der Waals surface area contributed by atoms with Crippen LogP contribution < -0.4 is 15.4 Å². The van der Waals surface area contributed by atoms with Crippen molar-refractivity contribution in [1.29, 1.82) is 0 Å². The highest BCUT2D eigenvalue weighted by Crippen LogP contribution is 2.21. The zero-order valence-corrected chi connectivity index (χ0v) is 10.3. The zero-order chi connectivity index (χ0) is 12.8. The fraction of sp³-hybridized carbons (Fsp3) is 0.417. The van der Waals surface area contributed by atoms with Crippen LogP contribution in [-0.4, -0.2) is 30.9 Å². The molecular formula is C12H18N2O3. The zero-order valence-electron chi connectivity index (χ0n) is 10.3. The summed E-state index contributed by atoms with van der Waals surface area (Å²) in [5.41, 5.74) is 1.63. The van der Waals surface area contributed by atoms with Gasteiger partial charge in [-0.1, -0.05) is 0 Å². The first kappa shape index (κ1) is 13.3. The number of urea groups is 1. The second-order valence-electron chi connectivity index (χ2n) is 3.87. The largest absolute Gasteiger partial charge is 0.496 e. The summed E-state index contributed by atoms with van der Waals surface area (Å²) in [6, 6.07) is 4.77. The molecule has 1 atom stereocenters. The number of hydrogen-bond acceptors (Lipinski definition) is 3. The Labute approximate surface area is 101 Å². The van der Waals surface area contributed by atoms with Crippen LogP contribution in [0.4, 0.5) is 10.5 Å². The number of anilines is 1. The minimum absolute atomic E-state index is 0.0882. The van der Waals surface area contributed by atoms with Crippen molar-refractivity contribution in [3.05, 3.63) is 23.8 Å². The van der Waals surface area contributed by atoms with Crippen LogP contribution in [0, 0.1) is 6.92 Å². The van der Waals surface area contributed by atoms with Crippen molar-refractivity contribution in [2.75, 3.05) is 19.0 Å². The summed E-state index contributed by atoms with van der Waals surface area (Å²) >= 11 is 0. The second kappa shape index (κ2) is 6.10. The molecular weight excluding hydrogens is 220 g/mol. The van der Waals surface area contributed by atoms with Crippen molar-refractivity contribution < 1.29 is 14.6 Å². The molecule has 1 aromatic rings. The van der Waals surface area contributed by atoms with Crippen LogP contribution in [0.25, 0.3) is 0 Å². The highest BCUT2D eigenvalue weighted by atomic mass is 16.5. The number of benzene rings is 1. The number of aryl methyl sites for hydroxylation is 1. The predicted molar refractivity (Wildman–Crippen MR) is 66.4 cm³/mol. The lowest BCUT2D eigenvalue weighted by molar-refractivity contribution is 0.229. The van der Waals surface area contributed by atoms with Gasteiger partial charge < -0.3 is 20.5 Å². The van der Waals surface area contributed by atoms with Crippen LogP contribution in [0.2, 0.25) is 0 Å². The molecule has 3 N–H and O–H groups in total. The van der Waals surface area contributed by atoms with E-state index in [-0.39, 0.29) is 18.7 Å². The van der Waals surface area contributed by atoms with Crippen LogP contribution in [0.5, 0.6) is 5.75 Å². The Kier molecular flexibility index (Phi) is 4.78. The summed E-state index contributed by atoms with van der Waals surface area (Å²) in [6.45, 7) is 3.53. The molecule has 0 aliphatic carbocycles. The Bertz CT molecular complexity index is 393. The number of carbonyl (C=O) groups excluding carboxylic acids is 1. The summed E-state index contributed by atoms with van der Waals surface area (Å²) in [4.78, 5) is 11.5. The van der Waals surface area contributed by atoms with Crippen molar-refractivity contribution in [1.82, 2.24) is 5.32 Å². The monoisotopic (exact) mass is 238 g/mol. The third-order valence-corrected chi connectivity index (χ3v) is 2.30. The van der Waals surface area contributed by atoms with E-state index in [1.807, 2.05) is 13.0 Å². The standard InChI is InChI=1S/C12H18N2O3/c1-8-6-10(4-5-11(8)17-3)14-12(16)13-9(2)7-15/h4-6,9,15H,7H2,1-3H3,(H2,13,14,16). The molecule has 5 heteroatoms. The second-order valence-corrected chi connectivity index (χ2v) is 3.87. The predicted octanol–water partition coefficient (Wildman–Crippen LogP) is 1.51. The Morgan fingerprint density at radius 1 is 1.53 bits per heavy atom. The minimum Gasteiger partial charge on any atom is -0.496 e. The van der Waals surface area contributed by atoms with Crippen molar-refractivity contribution in [3.63, 3.8) is 0 Å². The van der Waals surface area contributed by atoms with Crippen LogP contribution in [-0.2, 0) is 0 Å². The molecule has 0 saturated carbocycles. The summed E-state index contributed by atoms with van der Waals surface area (Å²) in [5, 5.41) is 14.1. The van der Waals surface area contributed by atoms with Gasteiger partial charge in [0, 0.05) is 5.69 Å². The van der Waals surface area contributed by atoms with Gasteiger partial charge in [0.25, 0.3) is 0 Å². The molecule has 0 aliphatic heterocycles. The summed E-state index contributed by atoms with van der Waals surface area (Å²) in [7, 11) is 1.60. The van der Waals surface area contributed by atoms with E-state index in [4.69, 9.17) is 9.84 Å². The van der Waals surface area contributed by atoms with Crippen LogP contribution in [0.1, 0.15) is 12.5 Å². The summed E-state index contributed by atoms with van der Waals surface area (Å²) in [6.07, 6.45) is 0. The Balaban J connectivity index is 2.63. The smallest absolute Gasteiger partial charge is 0.319 e. The fourth-order valence-corrected chi connectivity index (χ4v) is 1.39. The third kappa shape index (κ3) is 3.96. The van der Waals surface area contributed by atoms with E-state index in [0.29, 0.717) is 5.69 Å². The van der Waals surface area contributed by atoms with Gasteiger partial charge >= 0.3 is 6.03 Å². The quantitative estimate of drug-likeness (QED) is 0.744. The summed E-state index contributed by atoms with van der Waals surface area (Å²) < 4.78 is 5.13. The molecule has 0 bridgehead atoms. The molecule has 0 heterocycles. The minimum atomic E-state index is -0.337. The summed E-state index contributed by atoms with van der Waals surface area (Å²) in [5.74, 6) is 0.777. The maximum absolute atomic E-state index is 11.5. The van der Waals surface area contributed by atoms with E-state index in [9.17, 15) is 4.79 Å². The van der Waals surface area contributed by atoms with Gasteiger partial charge in [-0.3, -0.25) is 0 Å². The number of nitrogens with one attached hydrogen (secondary N) is 2. The third-order valence-electron chi connectivity index (χ3n) is 2.30. The van der Waals surface area contributed by atoms with Crippen LogP contribution >= 0.6 is 0 Å². The van der Waals surface area contributed by atoms with Gasteiger partial charge in [-0.25, -0.2) is 4.79 Å². The molecule has 1 unspecified atom stereocenters. The number of rotatable bonds is 4. The normalized spacial score (nSPS) is 11.8. The van der Waals surface area contributed by atoms with E-state index >= 15 is 0 Å². The van der Waals surface area contributed by atoms with Crippen LogP contribution in [0.3, 0.4) is 0 Å². The molecule has 0 aliphatic rings. The number of carbonyl (C=O) groups is 1. The first-order valence-electron chi connectivity index (χ1n) is 5.40. The van der Waals surface area contributed by atoms with Crippen molar-refractivity contribution in [2.45, 2.75) is 19.9 Å². The number of aliphatic hydroxyl groups is 1. The molecule has 94 valence electrons. The number of amides is 2. The Hall–Kier alpha value is -1.75. The molecule has 0 spiro atoms. The van der Waals surface area contributed by atoms with Crippen molar-refractivity contribution >= 4 is 11.7 Å². The highest BCUT2D eigenvalue weighted by molar-refractivity contribution is 5.89. The SMILES string of the molecule is COc1ccc(NC(=O)NC(C)CO)cc1C. The average molecular weight is 238 g/mol. The lowest BCUT2D eigenvalue weighted by atomic mass is 10.2. The lowest BCUT2D eigenvalue weighted by Gasteiger charge is -2.13. The fourth-order valence-electron chi connectivity index (χ4n) is 1.39. The Morgan fingerprint density at radius 3 is 2.76 bits per heavy atom. The van der Waals surface area contributed by atoms with Crippen molar-refractivity contribution in [3.8, 4) is 5.75 Å². The number of aliphatic hydroxyl groups excluding tert-OH is 1. The molecule has 5 nitrogen and oxygen atoms in total. The maximum Gasteiger partial charge on any atom is 0.319 e.